The third kappa shape index (κ3) is 2.37. The Bertz CT molecular complexity index is 442. The summed E-state index contributed by atoms with van der Waals surface area (Å²) in [6.07, 6.45) is 4.45. The van der Waals surface area contributed by atoms with Crippen LogP contribution in [0.25, 0.3) is 11.3 Å². The van der Waals surface area contributed by atoms with Crippen molar-refractivity contribution in [1.29, 1.82) is 0 Å². The normalized spacial score (nSPS) is 12.4. The van der Waals surface area contributed by atoms with Crippen molar-refractivity contribution in [3.05, 3.63) is 48.7 Å². The molecule has 2 rings (SSSR count). The van der Waals surface area contributed by atoms with E-state index in [9.17, 15) is 4.55 Å². The van der Waals surface area contributed by atoms with E-state index in [1.165, 1.54) is 0 Å². The molecule has 1 unspecified atom stereocenters. The van der Waals surface area contributed by atoms with Crippen LogP contribution in [0, 0.1) is 6.20 Å². The third-order valence-corrected chi connectivity index (χ3v) is 2.99. The molecule has 0 saturated carbocycles. The molecule has 0 saturated heterocycles. The number of rotatable bonds is 2. The number of aromatic nitrogens is 1. The zero-order chi connectivity index (χ0) is 10.7. The van der Waals surface area contributed by atoms with Gasteiger partial charge in [-0.15, -0.1) is 0 Å². The molecule has 2 aromatic rings. The molecule has 0 fully saturated rings. The Morgan fingerprint density at radius 2 is 2.13 bits per heavy atom. The van der Waals surface area contributed by atoms with E-state index in [1.807, 2.05) is 36.4 Å². The highest BCUT2D eigenvalue weighted by molar-refractivity contribution is 7.90. The SMILES string of the molecule is C[S+]([O-])c1cccc(-c2ccc[c]n2)c1. The van der Waals surface area contributed by atoms with Crippen molar-refractivity contribution >= 4 is 11.2 Å². The Kier molecular flexibility index (Phi) is 3.04. The molecular weight excluding hydrogens is 206 g/mol. The van der Waals surface area contributed by atoms with Gasteiger partial charge in [-0.1, -0.05) is 18.2 Å². The van der Waals surface area contributed by atoms with Gasteiger partial charge in [-0.25, -0.2) is 4.98 Å². The van der Waals surface area contributed by atoms with Crippen LogP contribution in [0.2, 0.25) is 0 Å². The van der Waals surface area contributed by atoms with Gasteiger partial charge in [0.2, 0.25) is 0 Å². The van der Waals surface area contributed by atoms with Gasteiger partial charge in [-0.05, 0) is 29.4 Å². The first-order valence-corrected chi connectivity index (χ1v) is 6.10. The minimum Gasteiger partial charge on any atom is -0.612 e. The first-order valence-electron chi connectivity index (χ1n) is 4.54. The van der Waals surface area contributed by atoms with E-state index in [-0.39, 0.29) is 0 Å². The minimum atomic E-state index is -0.951. The summed E-state index contributed by atoms with van der Waals surface area (Å²) < 4.78 is 11.3. The fraction of sp³-hybridized carbons (Fsp3) is 0.0833. The summed E-state index contributed by atoms with van der Waals surface area (Å²) in [4.78, 5) is 4.94. The van der Waals surface area contributed by atoms with Crippen molar-refractivity contribution in [1.82, 2.24) is 4.98 Å². The van der Waals surface area contributed by atoms with Gasteiger partial charge in [0.25, 0.3) is 0 Å². The molecule has 1 heterocycles. The molecule has 0 N–H and O–H groups in total. The number of benzene rings is 1. The van der Waals surface area contributed by atoms with E-state index < -0.39 is 11.2 Å². The Morgan fingerprint density at radius 1 is 1.27 bits per heavy atom. The quantitative estimate of drug-likeness (QED) is 0.722. The van der Waals surface area contributed by atoms with Gasteiger partial charge in [-0.2, -0.15) is 0 Å². The van der Waals surface area contributed by atoms with Crippen LogP contribution in [-0.4, -0.2) is 15.8 Å². The predicted octanol–water partition coefficient (Wildman–Crippen LogP) is 2.29. The maximum atomic E-state index is 11.3. The Labute approximate surface area is 92.2 Å². The molecule has 0 aliphatic carbocycles. The first kappa shape index (κ1) is 10.2. The average Bonchev–Trinajstić information content (AvgIpc) is 2.30. The smallest absolute Gasteiger partial charge is 0.153 e. The van der Waals surface area contributed by atoms with Gasteiger partial charge >= 0.3 is 0 Å². The van der Waals surface area contributed by atoms with Crippen molar-refractivity contribution < 1.29 is 4.55 Å². The summed E-state index contributed by atoms with van der Waals surface area (Å²) in [5.41, 5.74) is 1.82. The topological polar surface area (TPSA) is 36.0 Å². The average molecular weight is 216 g/mol. The van der Waals surface area contributed by atoms with E-state index in [0.717, 1.165) is 16.2 Å². The van der Waals surface area contributed by atoms with Gasteiger partial charge in [0.15, 0.2) is 4.90 Å². The predicted molar refractivity (Wildman–Crippen MR) is 60.8 cm³/mol. The second kappa shape index (κ2) is 4.47. The summed E-state index contributed by atoms with van der Waals surface area (Å²) in [6, 6.07) is 13.1. The maximum absolute atomic E-state index is 11.3. The molecule has 0 aliphatic heterocycles. The summed E-state index contributed by atoms with van der Waals surface area (Å²) >= 11 is -0.951. The molecule has 1 aromatic carbocycles. The van der Waals surface area contributed by atoms with Gasteiger partial charge < -0.3 is 4.55 Å². The number of hydrogen-bond donors (Lipinski definition) is 0. The van der Waals surface area contributed by atoms with E-state index in [2.05, 4.69) is 11.2 Å². The minimum absolute atomic E-state index is 0.818. The number of pyridine rings is 1. The van der Waals surface area contributed by atoms with Crippen molar-refractivity contribution in [3.63, 3.8) is 0 Å². The van der Waals surface area contributed by atoms with Gasteiger partial charge in [0, 0.05) is 11.6 Å². The Balaban J connectivity index is 2.42. The van der Waals surface area contributed by atoms with Crippen LogP contribution in [0.5, 0.6) is 0 Å². The van der Waals surface area contributed by atoms with Crippen molar-refractivity contribution in [2.75, 3.05) is 6.26 Å². The van der Waals surface area contributed by atoms with Crippen LogP contribution >= 0.6 is 0 Å². The monoisotopic (exact) mass is 216 g/mol. The zero-order valence-corrected chi connectivity index (χ0v) is 9.12. The summed E-state index contributed by atoms with van der Waals surface area (Å²) in [5, 5.41) is 0. The van der Waals surface area contributed by atoms with Crippen LogP contribution in [0.4, 0.5) is 0 Å². The Hall–Kier alpha value is -1.32. The number of nitrogens with zero attached hydrogens (tertiary/aromatic N) is 1. The fourth-order valence-electron chi connectivity index (χ4n) is 1.32. The second-order valence-corrected chi connectivity index (χ2v) is 4.51. The molecular formula is C12H10NOS. The molecule has 2 nitrogen and oxygen atoms in total. The molecule has 75 valence electrons. The molecule has 15 heavy (non-hydrogen) atoms. The van der Waals surface area contributed by atoms with Gasteiger partial charge in [0.1, 0.15) is 6.26 Å². The molecule has 0 aliphatic rings. The van der Waals surface area contributed by atoms with Crippen molar-refractivity contribution in [2.24, 2.45) is 0 Å². The largest absolute Gasteiger partial charge is 0.612 e. The van der Waals surface area contributed by atoms with Crippen LogP contribution in [0.15, 0.2) is 47.4 Å². The van der Waals surface area contributed by atoms with Crippen LogP contribution in [-0.2, 0) is 11.2 Å². The van der Waals surface area contributed by atoms with E-state index in [1.54, 1.807) is 12.3 Å². The zero-order valence-electron chi connectivity index (χ0n) is 8.31. The fourth-order valence-corrected chi connectivity index (χ4v) is 1.88. The third-order valence-electron chi connectivity index (χ3n) is 2.07. The molecule has 1 radical (unpaired) electrons. The van der Waals surface area contributed by atoms with Gasteiger partial charge in [-0.3, -0.25) is 0 Å². The van der Waals surface area contributed by atoms with E-state index in [4.69, 9.17) is 0 Å². The maximum Gasteiger partial charge on any atom is 0.153 e. The molecule has 0 spiro atoms. The van der Waals surface area contributed by atoms with Crippen LogP contribution in [0.3, 0.4) is 0 Å². The van der Waals surface area contributed by atoms with E-state index >= 15 is 0 Å². The Morgan fingerprint density at radius 3 is 2.80 bits per heavy atom. The summed E-state index contributed by atoms with van der Waals surface area (Å²) in [6.45, 7) is 0. The highest BCUT2D eigenvalue weighted by Crippen LogP contribution is 2.19. The highest BCUT2D eigenvalue weighted by Gasteiger charge is 2.06. The standard InChI is InChI=1S/C12H10NOS/c1-15(14)11-6-4-5-10(9-11)12-7-2-3-8-13-12/h2-7,9H,1H3. The lowest BCUT2D eigenvalue weighted by molar-refractivity contribution is 0.601. The van der Waals surface area contributed by atoms with Crippen LogP contribution < -0.4 is 0 Å². The lowest BCUT2D eigenvalue weighted by Gasteiger charge is -2.05. The van der Waals surface area contributed by atoms with Crippen molar-refractivity contribution in [2.45, 2.75) is 4.90 Å². The highest BCUT2D eigenvalue weighted by atomic mass is 32.2. The van der Waals surface area contributed by atoms with Crippen molar-refractivity contribution in [3.8, 4) is 11.3 Å². The molecule has 1 atom stereocenters. The van der Waals surface area contributed by atoms with Crippen LogP contribution in [0.1, 0.15) is 0 Å². The lowest BCUT2D eigenvalue weighted by Crippen LogP contribution is -1.97. The molecule has 0 amide bonds. The summed E-state index contributed by atoms with van der Waals surface area (Å²) in [7, 11) is 0. The number of hydrogen-bond acceptors (Lipinski definition) is 2. The molecule has 1 aromatic heterocycles. The van der Waals surface area contributed by atoms with E-state index in [0.29, 0.717) is 0 Å². The molecule has 3 heteroatoms. The molecule has 0 bridgehead atoms. The second-order valence-electron chi connectivity index (χ2n) is 3.13. The first-order chi connectivity index (χ1) is 7.27. The lowest BCUT2D eigenvalue weighted by atomic mass is 10.1. The van der Waals surface area contributed by atoms with Gasteiger partial charge in [0.05, 0.1) is 11.9 Å². The summed E-state index contributed by atoms with van der Waals surface area (Å²) in [5.74, 6) is 0.